The first kappa shape index (κ1) is 14.9. The Morgan fingerprint density at radius 1 is 1.41 bits per heavy atom. The van der Waals surface area contributed by atoms with Gasteiger partial charge in [0.25, 0.3) is 0 Å². The quantitative estimate of drug-likeness (QED) is 0.682. The molecule has 0 aliphatic heterocycles. The highest BCUT2D eigenvalue weighted by Gasteiger charge is 2.28. The highest BCUT2D eigenvalue weighted by Crippen LogP contribution is 2.27. The number of aliphatic hydroxyl groups is 1. The van der Waals surface area contributed by atoms with Gasteiger partial charge in [0.1, 0.15) is 0 Å². The molecule has 0 spiro atoms. The Morgan fingerprint density at radius 2 is 2.06 bits per heavy atom. The van der Waals surface area contributed by atoms with Crippen molar-refractivity contribution in [1.82, 2.24) is 10.2 Å². The molecule has 1 aliphatic carbocycles. The van der Waals surface area contributed by atoms with Crippen LogP contribution in [0.25, 0.3) is 0 Å². The zero-order valence-electron chi connectivity index (χ0n) is 12.0. The lowest BCUT2D eigenvalue weighted by atomic mass is 9.85. The van der Waals surface area contributed by atoms with Crippen LogP contribution in [0.15, 0.2) is 0 Å². The molecule has 1 aliphatic rings. The Labute approximate surface area is 107 Å². The van der Waals surface area contributed by atoms with Crippen molar-refractivity contribution in [2.75, 3.05) is 26.2 Å². The van der Waals surface area contributed by atoms with E-state index in [-0.39, 0.29) is 12.1 Å². The third-order valence-corrected chi connectivity index (χ3v) is 3.75. The Hall–Kier alpha value is -0.120. The molecule has 1 atom stereocenters. The molecule has 0 radical (unpaired) electrons. The summed E-state index contributed by atoms with van der Waals surface area (Å²) in [6.45, 7) is 12.0. The van der Waals surface area contributed by atoms with E-state index in [9.17, 15) is 5.11 Å². The minimum atomic E-state index is -0.173. The molecule has 102 valence electrons. The molecule has 0 bridgehead atoms. The summed E-state index contributed by atoms with van der Waals surface area (Å²) in [6.07, 6.45) is 4.19. The van der Waals surface area contributed by atoms with Crippen molar-refractivity contribution in [1.29, 1.82) is 0 Å². The molecular weight excluding hydrogens is 212 g/mol. The summed E-state index contributed by atoms with van der Waals surface area (Å²) >= 11 is 0. The van der Waals surface area contributed by atoms with Gasteiger partial charge in [-0.3, -0.25) is 0 Å². The van der Waals surface area contributed by atoms with Gasteiger partial charge in [-0.05, 0) is 32.2 Å². The maximum atomic E-state index is 9.59. The SMILES string of the molecule is CCN(CC1CCC1)CC(C)(CO)NC(C)C. The van der Waals surface area contributed by atoms with Crippen LogP contribution in [0.4, 0.5) is 0 Å². The van der Waals surface area contributed by atoms with Crippen molar-refractivity contribution in [3.8, 4) is 0 Å². The molecule has 1 unspecified atom stereocenters. The van der Waals surface area contributed by atoms with Crippen LogP contribution in [-0.4, -0.2) is 47.8 Å². The molecule has 0 heterocycles. The van der Waals surface area contributed by atoms with Gasteiger partial charge < -0.3 is 15.3 Å². The van der Waals surface area contributed by atoms with Crippen LogP contribution in [0.1, 0.15) is 47.0 Å². The Kier molecular flexibility index (Phi) is 5.90. The highest BCUT2D eigenvalue weighted by molar-refractivity contribution is 4.88. The van der Waals surface area contributed by atoms with Gasteiger partial charge in [0.05, 0.1) is 12.1 Å². The average molecular weight is 242 g/mol. The van der Waals surface area contributed by atoms with Crippen LogP contribution in [0.5, 0.6) is 0 Å². The van der Waals surface area contributed by atoms with Crippen LogP contribution in [0, 0.1) is 5.92 Å². The summed E-state index contributed by atoms with van der Waals surface area (Å²) in [5.41, 5.74) is -0.173. The second-order valence-corrected chi connectivity index (χ2v) is 6.14. The fraction of sp³-hybridized carbons (Fsp3) is 1.00. The zero-order valence-corrected chi connectivity index (χ0v) is 12.0. The van der Waals surface area contributed by atoms with Gasteiger partial charge in [0.15, 0.2) is 0 Å². The topological polar surface area (TPSA) is 35.5 Å². The number of rotatable bonds is 8. The van der Waals surface area contributed by atoms with Crippen LogP contribution in [0.3, 0.4) is 0 Å². The van der Waals surface area contributed by atoms with E-state index in [0.717, 1.165) is 19.0 Å². The number of nitrogens with one attached hydrogen (secondary N) is 1. The summed E-state index contributed by atoms with van der Waals surface area (Å²) in [6, 6.07) is 0.412. The summed E-state index contributed by atoms with van der Waals surface area (Å²) in [7, 11) is 0. The lowest BCUT2D eigenvalue weighted by molar-refractivity contribution is 0.0956. The normalized spacial score (nSPS) is 20.6. The molecule has 0 saturated heterocycles. The van der Waals surface area contributed by atoms with Gasteiger partial charge in [0.2, 0.25) is 0 Å². The average Bonchev–Trinajstić information content (AvgIpc) is 2.20. The van der Waals surface area contributed by atoms with Gasteiger partial charge >= 0.3 is 0 Å². The second kappa shape index (κ2) is 6.72. The molecule has 0 aromatic rings. The van der Waals surface area contributed by atoms with Gasteiger partial charge in [-0.25, -0.2) is 0 Å². The van der Waals surface area contributed by atoms with E-state index in [1.807, 2.05) is 0 Å². The summed E-state index contributed by atoms with van der Waals surface area (Å²) < 4.78 is 0. The highest BCUT2D eigenvalue weighted by atomic mass is 16.3. The molecule has 17 heavy (non-hydrogen) atoms. The van der Waals surface area contributed by atoms with E-state index in [1.54, 1.807) is 0 Å². The zero-order chi connectivity index (χ0) is 12.9. The first-order valence-electron chi connectivity index (χ1n) is 7.10. The number of aliphatic hydroxyl groups excluding tert-OH is 1. The third-order valence-electron chi connectivity index (χ3n) is 3.75. The number of hydrogen-bond donors (Lipinski definition) is 2. The third kappa shape index (κ3) is 4.94. The van der Waals surface area contributed by atoms with Crippen LogP contribution >= 0.6 is 0 Å². The Morgan fingerprint density at radius 3 is 2.41 bits per heavy atom. The van der Waals surface area contributed by atoms with Crippen molar-refractivity contribution < 1.29 is 5.11 Å². The maximum Gasteiger partial charge on any atom is 0.0623 e. The summed E-state index contributed by atoms with van der Waals surface area (Å²) in [5, 5.41) is 13.1. The molecule has 1 saturated carbocycles. The predicted octanol–water partition coefficient (Wildman–Crippen LogP) is 1.86. The number of hydrogen-bond acceptors (Lipinski definition) is 3. The molecular formula is C14H30N2O. The van der Waals surface area contributed by atoms with E-state index < -0.39 is 0 Å². The fourth-order valence-electron chi connectivity index (χ4n) is 2.68. The van der Waals surface area contributed by atoms with E-state index in [2.05, 4.69) is 37.9 Å². The minimum Gasteiger partial charge on any atom is -0.394 e. The van der Waals surface area contributed by atoms with Crippen LogP contribution < -0.4 is 5.32 Å². The summed E-state index contributed by atoms with van der Waals surface area (Å²) in [4.78, 5) is 2.48. The fourth-order valence-corrected chi connectivity index (χ4v) is 2.68. The molecule has 1 rings (SSSR count). The lowest BCUT2D eigenvalue weighted by Crippen LogP contribution is -2.56. The lowest BCUT2D eigenvalue weighted by Gasteiger charge is -2.39. The van der Waals surface area contributed by atoms with Crippen molar-refractivity contribution in [3.05, 3.63) is 0 Å². The molecule has 0 aromatic carbocycles. The van der Waals surface area contributed by atoms with Crippen LogP contribution in [-0.2, 0) is 0 Å². The molecule has 0 aromatic heterocycles. The smallest absolute Gasteiger partial charge is 0.0623 e. The standard InChI is InChI=1S/C14H30N2O/c1-5-16(9-13-7-6-8-13)10-14(4,11-17)15-12(2)3/h12-13,15,17H,5-11H2,1-4H3. The molecule has 3 heteroatoms. The number of likely N-dealkylation sites (N-methyl/N-ethyl adjacent to an activating group) is 1. The van der Waals surface area contributed by atoms with Crippen molar-refractivity contribution in [2.24, 2.45) is 5.92 Å². The predicted molar refractivity (Wildman–Crippen MR) is 73.2 cm³/mol. The number of nitrogens with zero attached hydrogens (tertiary/aromatic N) is 1. The van der Waals surface area contributed by atoms with Crippen molar-refractivity contribution in [2.45, 2.75) is 58.5 Å². The Balaban J connectivity index is 2.44. The molecule has 2 N–H and O–H groups in total. The summed E-state index contributed by atoms with van der Waals surface area (Å²) in [5.74, 6) is 0.900. The van der Waals surface area contributed by atoms with Gasteiger partial charge in [-0.2, -0.15) is 0 Å². The molecule has 0 amide bonds. The first-order valence-corrected chi connectivity index (χ1v) is 7.10. The van der Waals surface area contributed by atoms with E-state index in [4.69, 9.17) is 0 Å². The van der Waals surface area contributed by atoms with Crippen molar-refractivity contribution >= 4 is 0 Å². The largest absolute Gasteiger partial charge is 0.394 e. The van der Waals surface area contributed by atoms with Gasteiger partial charge in [-0.1, -0.05) is 27.2 Å². The van der Waals surface area contributed by atoms with Gasteiger partial charge in [-0.15, -0.1) is 0 Å². The molecule has 1 fully saturated rings. The van der Waals surface area contributed by atoms with Gasteiger partial charge in [0, 0.05) is 19.1 Å². The molecule has 3 nitrogen and oxygen atoms in total. The van der Waals surface area contributed by atoms with Crippen LogP contribution in [0.2, 0.25) is 0 Å². The second-order valence-electron chi connectivity index (χ2n) is 6.14. The Bertz CT molecular complexity index is 216. The first-order chi connectivity index (χ1) is 7.99. The minimum absolute atomic E-state index is 0.173. The van der Waals surface area contributed by atoms with E-state index in [1.165, 1.54) is 25.8 Å². The monoisotopic (exact) mass is 242 g/mol. The maximum absolute atomic E-state index is 9.59. The van der Waals surface area contributed by atoms with E-state index >= 15 is 0 Å². The van der Waals surface area contributed by atoms with E-state index in [0.29, 0.717) is 6.04 Å². The van der Waals surface area contributed by atoms with Crippen molar-refractivity contribution in [3.63, 3.8) is 0 Å².